The van der Waals surface area contributed by atoms with Gasteiger partial charge in [-0.15, -0.1) is 68.0 Å². The monoisotopic (exact) mass is 1120 g/mol. The molecule has 76 heavy (non-hydrogen) atoms. The molecule has 394 valence electrons. The first-order chi connectivity index (χ1) is 37.3. The molecule has 0 aliphatic carbocycles. The predicted octanol–water partition coefficient (Wildman–Crippen LogP) is 21.3. The Hall–Kier alpha value is -4.94. The molecular weight excluding hydrogens is 1050 g/mol. The summed E-state index contributed by atoms with van der Waals surface area (Å²) in [4.78, 5) is 50.0. The third kappa shape index (κ3) is 12.3. The molecule has 0 saturated carbocycles. The van der Waals surface area contributed by atoms with Crippen LogP contribution in [0.1, 0.15) is 151 Å². The lowest BCUT2D eigenvalue weighted by Crippen LogP contribution is -2.31. The van der Waals surface area contributed by atoms with Crippen LogP contribution >= 0.6 is 68.0 Å². The number of nitrogens with zero attached hydrogens (tertiary/aromatic N) is 2. The van der Waals surface area contributed by atoms with Crippen LogP contribution in [0.5, 0.6) is 0 Å². The molecule has 0 radical (unpaired) electrons. The number of rotatable bonds is 28. The highest BCUT2D eigenvalue weighted by molar-refractivity contribution is 7.28. The average Bonchev–Trinajstić information content (AvgIpc) is 4.31. The van der Waals surface area contributed by atoms with E-state index in [0.717, 1.165) is 85.0 Å². The highest BCUT2D eigenvalue weighted by Gasteiger charge is 2.48. The zero-order chi connectivity index (χ0) is 52.4. The van der Waals surface area contributed by atoms with E-state index in [2.05, 4.69) is 149 Å². The van der Waals surface area contributed by atoms with Gasteiger partial charge in [-0.2, -0.15) is 0 Å². The maximum atomic E-state index is 15.1. The van der Waals surface area contributed by atoms with Crippen LogP contribution in [0.4, 0.5) is 0 Å². The summed E-state index contributed by atoms with van der Waals surface area (Å²) in [6, 6.07) is 44.6. The Bertz CT molecular complexity index is 3050. The summed E-state index contributed by atoms with van der Waals surface area (Å²) in [5.41, 5.74) is 6.75. The fourth-order valence-electron chi connectivity index (χ4n) is 10.6. The maximum absolute atomic E-state index is 15.1. The lowest BCUT2D eigenvalue weighted by Gasteiger charge is -2.25. The lowest BCUT2D eigenvalue weighted by molar-refractivity contribution is -0.124. The summed E-state index contributed by atoms with van der Waals surface area (Å²) in [7, 11) is 0. The van der Waals surface area contributed by atoms with Gasteiger partial charge in [0.25, 0.3) is 11.8 Å². The largest absolute Gasteiger partial charge is 0.307 e. The summed E-state index contributed by atoms with van der Waals surface area (Å²) < 4.78 is 0. The Morgan fingerprint density at radius 1 is 0.289 bits per heavy atom. The van der Waals surface area contributed by atoms with Crippen LogP contribution in [-0.4, -0.2) is 34.7 Å². The van der Waals surface area contributed by atoms with E-state index in [4.69, 9.17) is 0 Å². The molecule has 2 aliphatic rings. The van der Waals surface area contributed by atoms with E-state index in [1.54, 1.807) is 0 Å². The summed E-state index contributed by atoms with van der Waals surface area (Å²) in [5, 5.41) is 0. The topological polar surface area (TPSA) is 40.6 Å². The highest BCUT2D eigenvalue weighted by atomic mass is 32.1. The van der Waals surface area contributed by atoms with Crippen LogP contribution in [0.15, 0.2) is 132 Å². The van der Waals surface area contributed by atoms with Gasteiger partial charge in [-0.05, 0) is 134 Å². The molecule has 2 aromatic carbocycles. The molecular formula is C66H72N2O2S6. The second-order valence-electron chi connectivity index (χ2n) is 20.4. The van der Waals surface area contributed by atoms with Crippen molar-refractivity contribution in [2.45, 2.75) is 143 Å². The number of carbonyl (C=O) groups excluding carboxylic acids is 2. The second kappa shape index (κ2) is 26.1. The van der Waals surface area contributed by atoms with Gasteiger partial charge in [0.05, 0.1) is 22.5 Å². The van der Waals surface area contributed by atoms with Crippen LogP contribution in [0, 0.1) is 0 Å². The first-order valence-corrected chi connectivity index (χ1v) is 33.2. The van der Waals surface area contributed by atoms with E-state index >= 15 is 9.59 Å². The number of unbranched alkanes of at least 4 members (excludes halogenated alkanes) is 12. The molecule has 0 unspecified atom stereocenters. The smallest absolute Gasteiger partial charge is 0.261 e. The molecule has 10 heteroatoms. The zero-order valence-corrected chi connectivity index (χ0v) is 49.7. The number of aryl methyl sites for hydroxylation is 2. The summed E-state index contributed by atoms with van der Waals surface area (Å²) in [6.45, 7) is 10.1. The standard InChI is InChI=1S/C66H72N2O2S6/c1-5-9-13-17-21-49-31-33-53(71-49)55-39-41-59(75-55)57-37-35-51(73-57)45-23-27-47(28-24-45)63-61-62(66(70)67(63)43-19-15-11-7-3)64(68(65(61)69)44-20-16-12-8-4)48-29-25-46(26-30-48)52-36-38-58(74-52)60-42-40-56(76-60)54-34-32-50(72-54)22-18-14-10-6-2/h23-42H,5-22,43-44H2,1-4H3. The highest BCUT2D eigenvalue weighted by Crippen LogP contribution is 2.49. The molecule has 0 bridgehead atoms. The van der Waals surface area contributed by atoms with Crippen LogP contribution in [0.3, 0.4) is 0 Å². The molecule has 8 aromatic rings. The van der Waals surface area contributed by atoms with Crippen molar-refractivity contribution in [3.8, 4) is 59.9 Å². The van der Waals surface area contributed by atoms with Gasteiger partial charge in [-0.1, -0.05) is 153 Å². The van der Waals surface area contributed by atoms with Crippen molar-refractivity contribution in [3.63, 3.8) is 0 Å². The van der Waals surface area contributed by atoms with Gasteiger partial charge in [-0.3, -0.25) is 9.59 Å². The molecule has 0 fully saturated rings. The van der Waals surface area contributed by atoms with Crippen molar-refractivity contribution in [1.29, 1.82) is 0 Å². The van der Waals surface area contributed by atoms with Crippen LogP contribution in [0.25, 0.3) is 71.3 Å². The normalized spacial score (nSPS) is 13.7. The molecule has 10 rings (SSSR count). The molecule has 8 heterocycles. The molecule has 4 nitrogen and oxygen atoms in total. The van der Waals surface area contributed by atoms with Gasteiger partial charge in [0, 0.05) is 71.6 Å². The lowest BCUT2D eigenvalue weighted by atomic mass is 10.0. The number of amides is 2. The van der Waals surface area contributed by atoms with Crippen molar-refractivity contribution in [1.82, 2.24) is 9.80 Å². The van der Waals surface area contributed by atoms with Crippen molar-refractivity contribution in [2.75, 3.05) is 13.1 Å². The molecule has 0 saturated heterocycles. The van der Waals surface area contributed by atoms with Crippen LogP contribution in [-0.2, 0) is 22.4 Å². The quantitative estimate of drug-likeness (QED) is 0.0459. The Labute approximate surface area is 476 Å². The number of fused-ring (bicyclic) bond motifs is 1. The maximum Gasteiger partial charge on any atom is 0.261 e. The van der Waals surface area contributed by atoms with Gasteiger partial charge >= 0.3 is 0 Å². The third-order valence-electron chi connectivity index (χ3n) is 14.8. The van der Waals surface area contributed by atoms with Crippen molar-refractivity contribution < 1.29 is 9.59 Å². The van der Waals surface area contributed by atoms with E-state index in [0.29, 0.717) is 24.2 Å². The third-order valence-corrected chi connectivity index (χ3v) is 22.3. The minimum atomic E-state index is -0.0537. The van der Waals surface area contributed by atoms with Crippen molar-refractivity contribution in [2.24, 2.45) is 0 Å². The van der Waals surface area contributed by atoms with Crippen LogP contribution < -0.4 is 0 Å². The van der Waals surface area contributed by atoms with Gasteiger partial charge in [0.1, 0.15) is 0 Å². The Balaban J connectivity index is 0.907. The minimum Gasteiger partial charge on any atom is -0.307 e. The SMILES string of the molecule is CCCCCCc1ccc(-c2ccc(-c3ccc(-c4ccc(C5=C6C(=O)N(CCCCCC)C(c7ccc(-c8ccc(-c9ccc(-c%10ccc(CCCCCC)s%10)s9)s8)cc7)=C6C(=O)N5CCCCCC)cc4)s3)s2)s1. The summed E-state index contributed by atoms with van der Waals surface area (Å²) in [6.07, 6.45) is 21.0. The van der Waals surface area contributed by atoms with E-state index in [9.17, 15) is 0 Å². The summed E-state index contributed by atoms with van der Waals surface area (Å²) in [5.74, 6) is -0.107. The van der Waals surface area contributed by atoms with Gasteiger partial charge in [0.2, 0.25) is 0 Å². The van der Waals surface area contributed by atoms with E-state index in [1.807, 2.05) is 77.8 Å². The number of thiophene rings is 6. The molecule has 0 spiro atoms. The predicted molar refractivity (Wildman–Crippen MR) is 334 cm³/mol. The molecule has 0 atom stereocenters. The number of hydrogen-bond acceptors (Lipinski definition) is 8. The van der Waals surface area contributed by atoms with Crippen molar-refractivity contribution in [3.05, 3.63) is 153 Å². The van der Waals surface area contributed by atoms with Crippen molar-refractivity contribution >= 4 is 91.2 Å². The fraction of sp³-hybridized carbons (Fsp3) is 0.364. The number of hydrogen-bond donors (Lipinski definition) is 0. The molecule has 0 N–H and O–H groups in total. The van der Waals surface area contributed by atoms with Crippen LogP contribution in [0.2, 0.25) is 0 Å². The molecule has 2 aliphatic heterocycles. The first-order valence-electron chi connectivity index (χ1n) is 28.3. The molecule has 2 amide bonds. The Morgan fingerprint density at radius 3 is 0.908 bits per heavy atom. The van der Waals surface area contributed by atoms with E-state index < -0.39 is 0 Å². The van der Waals surface area contributed by atoms with Gasteiger partial charge in [-0.25, -0.2) is 0 Å². The zero-order valence-electron chi connectivity index (χ0n) is 44.8. The fourth-order valence-corrected chi connectivity index (χ4v) is 17.1. The average molecular weight is 1120 g/mol. The summed E-state index contributed by atoms with van der Waals surface area (Å²) >= 11 is 11.3. The molecule has 6 aromatic heterocycles. The first kappa shape index (κ1) is 54.4. The Morgan fingerprint density at radius 2 is 0.566 bits per heavy atom. The number of benzene rings is 2. The van der Waals surface area contributed by atoms with Gasteiger partial charge < -0.3 is 9.80 Å². The van der Waals surface area contributed by atoms with E-state index in [1.165, 1.54) is 123 Å². The Kier molecular flexibility index (Phi) is 18.7. The number of carbonyl (C=O) groups is 2. The van der Waals surface area contributed by atoms with E-state index in [-0.39, 0.29) is 11.8 Å². The van der Waals surface area contributed by atoms with Gasteiger partial charge in [0.15, 0.2) is 0 Å². The minimum absolute atomic E-state index is 0.0537. The second-order valence-corrected chi connectivity index (χ2v) is 27.1.